The molecule has 9 nitrogen and oxygen atoms in total. The zero-order valence-electron chi connectivity index (χ0n) is 22.4. The number of aromatic nitrogens is 3. The monoisotopic (exact) mass is 543 g/mol. The molecule has 5 aromatic rings. The number of hydrogen-bond donors (Lipinski definition) is 2. The number of nitrogens with zero attached hydrogens (tertiary/aromatic N) is 3. The van der Waals surface area contributed by atoms with Gasteiger partial charge in [0.05, 0.1) is 37.0 Å². The summed E-state index contributed by atoms with van der Waals surface area (Å²) in [4.78, 5) is 31.1. The van der Waals surface area contributed by atoms with E-state index in [0.717, 1.165) is 32.7 Å². The lowest BCUT2D eigenvalue weighted by atomic mass is 10.1. The lowest BCUT2D eigenvalue weighted by molar-refractivity contribution is 0.0527. The Bertz CT molecular complexity index is 1700. The Morgan fingerprint density at radius 3 is 2.62 bits per heavy atom. The van der Waals surface area contributed by atoms with Crippen LogP contribution in [0.2, 0.25) is 0 Å². The molecule has 0 saturated carbocycles. The normalized spacial score (nSPS) is 11.0. The number of hydrogen-bond acceptors (Lipinski definition) is 6. The van der Waals surface area contributed by atoms with E-state index in [1.807, 2.05) is 84.9 Å². The van der Waals surface area contributed by atoms with Crippen LogP contribution in [0.5, 0.6) is 5.75 Å². The molecule has 0 fully saturated rings. The van der Waals surface area contributed by atoms with Gasteiger partial charge in [-0.05, 0) is 68.3 Å². The maximum Gasteiger partial charge on any atom is 0.341 e. The van der Waals surface area contributed by atoms with Gasteiger partial charge in [-0.2, -0.15) is 0 Å². The number of methoxy groups -OCH3 is 1. The van der Waals surface area contributed by atoms with E-state index < -0.39 is 12.0 Å². The molecule has 0 aliphatic carbocycles. The first kappa shape index (κ1) is 26.1. The van der Waals surface area contributed by atoms with Gasteiger partial charge in [-0.3, -0.25) is 5.32 Å². The van der Waals surface area contributed by atoms with Gasteiger partial charge in [-0.15, -0.1) is 11.3 Å². The minimum atomic E-state index is -0.490. The Hall–Kier alpha value is -4.57. The lowest BCUT2D eigenvalue weighted by Crippen LogP contribution is -2.20. The van der Waals surface area contributed by atoms with Gasteiger partial charge in [0.2, 0.25) is 0 Å². The van der Waals surface area contributed by atoms with Crippen LogP contribution in [0.1, 0.15) is 28.5 Å². The summed E-state index contributed by atoms with van der Waals surface area (Å²) >= 11 is 1.31. The Morgan fingerprint density at radius 1 is 1.08 bits per heavy atom. The standard InChI is InChI=1S/C29H29N5O4S/c1-6-38-28(35)25-18(3)26(20-7-9-23(24(14-20)37-5)34-15-17(2)30-16-34)39-27(25)32-29(36)31-21-8-10-22-19(13-21)11-12-33(22)4/h7-16H,6H2,1-5H3,(H2,31,32,36). The molecule has 0 atom stereocenters. The van der Waals surface area contributed by atoms with Crippen molar-refractivity contribution in [2.45, 2.75) is 20.8 Å². The van der Waals surface area contributed by atoms with E-state index in [1.54, 1.807) is 20.4 Å². The largest absolute Gasteiger partial charge is 0.495 e. The summed E-state index contributed by atoms with van der Waals surface area (Å²) in [7, 11) is 3.58. The molecule has 5 rings (SSSR count). The second-order valence-corrected chi connectivity index (χ2v) is 10.1. The van der Waals surface area contributed by atoms with Crippen molar-refractivity contribution in [1.29, 1.82) is 0 Å². The van der Waals surface area contributed by atoms with E-state index in [9.17, 15) is 9.59 Å². The number of thiophene rings is 1. The maximum absolute atomic E-state index is 13.0. The molecule has 0 bridgehead atoms. The molecule has 39 heavy (non-hydrogen) atoms. The number of anilines is 2. The van der Waals surface area contributed by atoms with Crippen LogP contribution in [-0.2, 0) is 11.8 Å². The summed E-state index contributed by atoms with van der Waals surface area (Å²) in [5.41, 5.74) is 5.35. The minimum Gasteiger partial charge on any atom is -0.495 e. The number of aryl methyl sites for hydroxylation is 2. The molecular weight excluding hydrogens is 514 g/mol. The summed E-state index contributed by atoms with van der Waals surface area (Å²) in [5, 5.41) is 7.16. The topological polar surface area (TPSA) is 99.4 Å². The van der Waals surface area contributed by atoms with Gasteiger partial charge in [-0.1, -0.05) is 6.07 Å². The number of carbonyl (C=O) groups excluding carboxylic acids is 2. The number of benzene rings is 2. The first-order chi connectivity index (χ1) is 18.8. The Balaban J connectivity index is 1.47. The van der Waals surface area contributed by atoms with Gasteiger partial charge in [0, 0.05) is 40.9 Å². The molecule has 3 aromatic heterocycles. The molecular formula is C29H29N5O4S. The highest BCUT2D eigenvalue weighted by Gasteiger charge is 2.25. The van der Waals surface area contributed by atoms with Gasteiger partial charge in [0.15, 0.2) is 0 Å². The summed E-state index contributed by atoms with van der Waals surface area (Å²) < 4.78 is 14.9. The highest BCUT2D eigenvalue weighted by Crippen LogP contribution is 2.42. The third-order valence-electron chi connectivity index (χ3n) is 6.43. The fraction of sp³-hybridized carbons (Fsp3) is 0.207. The van der Waals surface area contributed by atoms with Crippen LogP contribution in [-0.4, -0.2) is 39.8 Å². The fourth-order valence-corrected chi connectivity index (χ4v) is 5.72. The predicted molar refractivity (Wildman–Crippen MR) is 154 cm³/mol. The molecule has 3 heterocycles. The van der Waals surface area contributed by atoms with Crippen LogP contribution >= 0.6 is 11.3 Å². The SMILES string of the molecule is CCOC(=O)c1c(NC(=O)Nc2ccc3c(ccn3C)c2)sc(-c2ccc(-n3cnc(C)c3)c(OC)c2)c1C. The second kappa shape index (κ2) is 10.7. The maximum atomic E-state index is 13.0. The van der Waals surface area contributed by atoms with Gasteiger partial charge in [0.25, 0.3) is 0 Å². The fourth-order valence-electron chi connectivity index (χ4n) is 4.54. The summed E-state index contributed by atoms with van der Waals surface area (Å²) in [6.07, 6.45) is 5.62. The van der Waals surface area contributed by atoms with Crippen LogP contribution in [0, 0.1) is 13.8 Å². The van der Waals surface area contributed by atoms with Crippen molar-refractivity contribution in [3.8, 4) is 21.9 Å². The number of rotatable bonds is 7. The number of esters is 1. The van der Waals surface area contributed by atoms with Crippen molar-refractivity contribution >= 4 is 44.9 Å². The van der Waals surface area contributed by atoms with Crippen LogP contribution < -0.4 is 15.4 Å². The number of ether oxygens (including phenoxy) is 2. The molecule has 0 saturated heterocycles. The van der Waals surface area contributed by atoms with Crippen molar-refractivity contribution in [3.05, 3.63) is 78.0 Å². The van der Waals surface area contributed by atoms with Crippen LogP contribution in [0.25, 0.3) is 27.0 Å². The van der Waals surface area contributed by atoms with Crippen LogP contribution in [0.15, 0.2) is 61.2 Å². The Morgan fingerprint density at radius 2 is 1.90 bits per heavy atom. The van der Waals surface area contributed by atoms with Gasteiger partial charge < -0.3 is 23.9 Å². The third-order valence-corrected chi connectivity index (χ3v) is 7.68. The van der Waals surface area contributed by atoms with E-state index in [4.69, 9.17) is 9.47 Å². The number of fused-ring (bicyclic) bond motifs is 1. The number of nitrogens with one attached hydrogen (secondary N) is 2. The second-order valence-electron chi connectivity index (χ2n) is 9.07. The molecule has 0 radical (unpaired) electrons. The zero-order valence-corrected chi connectivity index (χ0v) is 23.2. The number of urea groups is 1. The third kappa shape index (κ3) is 5.10. The number of amides is 2. The Labute approximate surface area is 230 Å². The first-order valence-corrected chi connectivity index (χ1v) is 13.2. The minimum absolute atomic E-state index is 0.221. The van der Waals surface area contributed by atoms with E-state index in [0.29, 0.717) is 27.6 Å². The molecule has 2 aromatic carbocycles. The van der Waals surface area contributed by atoms with Crippen molar-refractivity contribution in [2.75, 3.05) is 24.4 Å². The van der Waals surface area contributed by atoms with Crippen LogP contribution in [0.4, 0.5) is 15.5 Å². The predicted octanol–water partition coefficient (Wildman–Crippen LogP) is 6.54. The summed E-state index contributed by atoms with van der Waals surface area (Å²) in [6, 6.07) is 13.0. The van der Waals surface area contributed by atoms with E-state index in [1.165, 1.54) is 11.3 Å². The zero-order chi connectivity index (χ0) is 27.7. The summed E-state index contributed by atoms with van der Waals surface area (Å²) in [6.45, 7) is 5.75. The highest BCUT2D eigenvalue weighted by molar-refractivity contribution is 7.20. The van der Waals surface area contributed by atoms with Gasteiger partial charge in [-0.25, -0.2) is 14.6 Å². The molecule has 0 aliphatic heterocycles. The molecule has 0 aliphatic rings. The Kier molecular flexibility index (Phi) is 7.12. The first-order valence-electron chi connectivity index (χ1n) is 12.4. The lowest BCUT2D eigenvalue weighted by Gasteiger charge is -2.11. The smallest absolute Gasteiger partial charge is 0.341 e. The van der Waals surface area contributed by atoms with Gasteiger partial charge >= 0.3 is 12.0 Å². The molecule has 0 spiro atoms. The van der Waals surface area contributed by atoms with Gasteiger partial charge in [0.1, 0.15) is 10.8 Å². The van der Waals surface area contributed by atoms with Crippen molar-refractivity contribution in [2.24, 2.45) is 7.05 Å². The molecule has 2 amide bonds. The van der Waals surface area contributed by atoms with Crippen molar-refractivity contribution in [1.82, 2.24) is 14.1 Å². The van der Waals surface area contributed by atoms with Crippen molar-refractivity contribution < 1.29 is 19.1 Å². The average molecular weight is 544 g/mol. The molecule has 10 heteroatoms. The number of carbonyl (C=O) groups is 2. The average Bonchev–Trinajstić information content (AvgIpc) is 3.60. The quantitative estimate of drug-likeness (QED) is 0.227. The van der Waals surface area contributed by atoms with E-state index in [2.05, 4.69) is 15.6 Å². The van der Waals surface area contributed by atoms with E-state index >= 15 is 0 Å². The van der Waals surface area contributed by atoms with Crippen molar-refractivity contribution in [3.63, 3.8) is 0 Å². The molecule has 200 valence electrons. The van der Waals surface area contributed by atoms with Crippen LogP contribution in [0.3, 0.4) is 0 Å². The summed E-state index contributed by atoms with van der Waals surface area (Å²) in [5.74, 6) is 0.162. The molecule has 2 N–H and O–H groups in total. The van der Waals surface area contributed by atoms with E-state index in [-0.39, 0.29) is 6.61 Å². The highest BCUT2D eigenvalue weighted by atomic mass is 32.1. The number of imidazole rings is 1. The molecule has 0 unspecified atom stereocenters.